The monoisotopic (exact) mass is 291 g/mol. The van der Waals surface area contributed by atoms with Gasteiger partial charge in [-0.05, 0) is 19.5 Å². The van der Waals surface area contributed by atoms with Crippen LogP contribution < -0.4 is 10.6 Å². The standard InChI is InChI=1S/C13H17N5O3/c1-3-14-8(2)7-15-13(19)12-10-6-9(18(20)21)4-5-11(10)16-17-12/h4-6,8,14H,3,7H2,1-2H3,(H,15,19)(H,16,17)/t8-/m1/s1. The number of aromatic amines is 1. The molecule has 21 heavy (non-hydrogen) atoms. The lowest BCUT2D eigenvalue weighted by Gasteiger charge is -2.12. The lowest BCUT2D eigenvalue weighted by Crippen LogP contribution is -2.38. The van der Waals surface area contributed by atoms with Crippen molar-refractivity contribution in [2.45, 2.75) is 19.9 Å². The molecule has 1 amide bonds. The molecule has 2 rings (SSSR count). The minimum absolute atomic E-state index is 0.0704. The average Bonchev–Trinajstić information content (AvgIpc) is 2.88. The number of carbonyl (C=O) groups excluding carboxylic acids is 1. The highest BCUT2D eigenvalue weighted by molar-refractivity contribution is 6.05. The summed E-state index contributed by atoms with van der Waals surface area (Å²) in [5.74, 6) is -0.355. The van der Waals surface area contributed by atoms with Crippen molar-refractivity contribution >= 4 is 22.5 Å². The van der Waals surface area contributed by atoms with Gasteiger partial charge in [0.1, 0.15) is 0 Å². The molecule has 8 nitrogen and oxygen atoms in total. The van der Waals surface area contributed by atoms with Crippen LogP contribution in [-0.4, -0.2) is 40.2 Å². The zero-order chi connectivity index (χ0) is 15.4. The normalized spacial score (nSPS) is 12.3. The zero-order valence-electron chi connectivity index (χ0n) is 11.8. The van der Waals surface area contributed by atoms with Crippen molar-refractivity contribution in [1.82, 2.24) is 20.8 Å². The van der Waals surface area contributed by atoms with Crippen LogP contribution in [0.1, 0.15) is 24.3 Å². The largest absolute Gasteiger partial charge is 0.349 e. The highest BCUT2D eigenvalue weighted by Gasteiger charge is 2.17. The summed E-state index contributed by atoms with van der Waals surface area (Å²) in [6.45, 7) is 5.21. The lowest BCUT2D eigenvalue weighted by atomic mass is 10.2. The number of nitro benzene ring substituents is 1. The molecule has 1 heterocycles. The molecule has 0 saturated carbocycles. The van der Waals surface area contributed by atoms with Gasteiger partial charge in [0.15, 0.2) is 5.69 Å². The number of H-pyrrole nitrogens is 1. The Hall–Kier alpha value is -2.48. The molecule has 3 N–H and O–H groups in total. The highest BCUT2D eigenvalue weighted by atomic mass is 16.6. The van der Waals surface area contributed by atoms with E-state index in [4.69, 9.17) is 0 Å². The molecule has 2 aromatic rings. The van der Waals surface area contributed by atoms with Crippen molar-refractivity contribution in [3.8, 4) is 0 Å². The molecule has 0 saturated heterocycles. The van der Waals surface area contributed by atoms with Crippen molar-refractivity contribution in [2.24, 2.45) is 0 Å². The molecule has 0 radical (unpaired) electrons. The van der Waals surface area contributed by atoms with Gasteiger partial charge in [-0.3, -0.25) is 20.0 Å². The van der Waals surface area contributed by atoms with Gasteiger partial charge in [-0.15, -0.1) is 0 Å². The molecule has 112 valence electrons. The number of benzene rings is 1. The number of non-ortho nitro benzene ring substituents is 1. The van der Waals surface area contributed by atoms with Gasteiger partial charge in [0, 0.05) is 30.1 Å². The first-order chi connectivity index (χ1) is 10.0. The van der Waals surface area contributed by atoms with Gasteiger partial charge in [-0.1, -0.05) is 6.92 Å². The SMILES string of the molecule is CCN[C@H](C)CNC(=O)c1n[nH]c2ccc([N+](=O)[O-])cc12. The van der Waals surface area contributed by atoms with Gasteiger partial charge < -0.3 is 10.6 Å². The van der Waals surface area contributed by atoms with Gasteiger partial charge in [0.25, 0.3) is 11.6 Å². The highest BCUT2D eigenvalue weighted by Crippen LogP contribution is 2.21. The van der Waals surface area contributed by atoms with E-state index in [1.165, 1.54) is 12.1 Å². The Bertz CT molecular complexity index is 667. The predicted molar refractivity (Wildman–Crippen MR) is 78.2 cm³/mol. The smallest absolute Gasteiger partial charge is 0.272 e. The molecule has 0 bridgehead atoms. The van der Waals surface area contributed by atoms with E-state index in [1.807, 2.05) is 13.8 Å². The molecule has 1 aromatic heterocycles. The van der Waals surface area contributed by atoms with Crippen molar-refractivity contribution in [1.29, 1.82) is 0 Å². The van der Waals surface area contributed by atoms with E-state index < -0.39 is 4.92 Å². The number of nitro groups is 1. The Kier molecular flexibility index (Phi) is 4.49. The Morgan fingerprint density at radius 3 is 2.95 bits per heavy atom. The molecular weight excluding hydrogens is 274 g/mol. The van der Waals surface area contributed by atoms with Gasteiger partial charge in [0.2, 0.25) is 0 Å². The van der Waals surface area contributed by atoms with E-state index in [2.05, 4.69) is 20.8 Å². The average molecular weight is 291 g/mol. The van der Waals surface area contributed by atoms with Crippen molar-refractivity contribution < 1.29 is 9.72 Å². The van der Waals surface area contributed by atoms with Crippen LogP contribution in [0.4, 0.5) is 5.69 Å². The van der Waals surface area contributed by atoms with Gasteiger partial charge in [-0.2, -0.15) is 5.10 Å². The minimum atomic E-state index is -0.499. The summed E-state index contributed by atoms with van der Waals surface area (Å²) >= 11 is 0. The predicted octanol–water partition coefficient (Wildman–Crippen LogP) is 1.20. The molecular formula is C13H17N5O3. The molecule has 8 heteroatoms. The topological polar surface area (TPSA) is 113 Å². The number of nitrogens with zero attached hydrogens (tertiary/aromatic N) is 2. The van der Waals surface area contributed by atoms with Crippen LogP contribution in [0.25, 0.3) is 10.9 Å². The number of amides is 1. The van der Waals surface area contributed by atoms with Gasteiger partial charge in [-0.25, -0.2) is 0 Å². The second-order valence-electron chi connectivity index (χ2n) is 4.73. The number of fused-ring (bicyclic) bond motifs is 1. The fourth-order valence-corrected chi connectivity index (χ4v) is 2.04. The summed E-state index contributed by atoms with van der Waals surface area (Å²) < 4.78 is 0. The van der Waals surface area contributed by atoms with E-state index in [0.29, 0.717) is 17.4 Å². The summed E-state index contributed by atoms with van der Waals surface area (Å²) in [7, 11) is 0. The number of rotatable bonds is 6. The van der Waals surface area contributed by atoms with Gasteiger partial charge in [0.05, 0.1) is 10.4 Å². The molecule has 0 spiro atoms. The van der Waals surface area contributed by atoms with Gasteiger partial charge >= 0.3 is 0 Å². The minimum Gasteiger partial charge on any atom is -0.349 e. The van der Waals surface area contributed by atoms with Crippen molar-refractivity contribution in [2.75, 3.05) is 13.1 Å². The maximum absolute atomic E-state index is 12.1. The zero-order valence-corrected chi connectivity index (χ0v) is 11.8. The fourth-order valence-electron chi connectivity index (χ4n) is 2.04. The molecule has 1 atom stereocenters. The first-order valence-electron chi connectivity index (χ1n) is 6.67. The van der Waals surface area contributed by atoms with Crippen LogP contribution >= 0.6 is 0 Å². The van der Waals surface area contributed by atoms with Crippen LogP contribution in [0.2, 0.25) is 0 Å². The van der Waals surface area contributed by atoms with Crippen LogP contribution in [0.3, 0.4) is 0 Å². The summed E-state index contributed by atoms with van der Waals surface area (Å²) in [5.41, 5.74) is 0.682. The van der Waals surface area contributed by atoms with Crippen LogP contribution in [0.5, 0.6) is 0 Å². The third kappa shape index (κ3) is 3.34. The quantitative estimate of drug-likeness (QED) is 0.546. The second-order valence-corrected chi connectivity index (χ2v) is 4.73. The Morgan fingerprint density at radius 2 is 2.29 bits per heavy atom. The maximum Gasteiger partial charge on any atom is 0.272 e. The summed E-state index contributed by atoms with van der Waals surface area (Å²) in [5, 5.41) is 23.8. The Balaban J connectivity index is 2.19. The molecule has 0 aliphatic heterocycles. The lowest BCUT2D eigenvalue weighted by molar-refractivity contribution is -0.384. The van der Waals surface area contributed by atoms with E-state index in [1.54, 1.807) is 6.07 Å². The molecule has 0 aliphatic carbocycles. The third-order valence-corrected chi connectivity index (χ3v) is 3.09. The van der Waals surface area contributed by atoms with E-state index in [9.17, 15) is 14.9 Å². The molecule has 0 fully saturated rings. The van der Waals surface area contributed by atoms with Crippen molar-refractivity contribution in [3.05, 3.63) is 34.0 Å². The first kappa shape index (κ1) is 14.9. The van der Waals surface area contributed by atoms with E-state index >= 15 is 0 Å². The number of nitrogens with one attached hydrogen (secondary N) is 3. The number of carbonyl (C=O) groups is 1. The Labute approximate surface area is 121 Å². The number of hydrogen-bond donors (Lipinski definition) is 3. The summed E-state index contributed by atoms with van der Waals surface area (Å²) in [6.07, 6.45) is 0. The van der Waals surface area contributed by atoms with E-state index in [0.717, 1.165) is 6.54 Å². The van der Waals surface area contributed by atoms with Crippen LogP contribution in [-0.2, 0) is 0 Å². The van der Waals surface area contributed by atoms with E-state index in [-0.39, 0.29) is 23.3 Å². The molecule has 0 aliphatic rings. The van der Waals surface area contributed by atoms with Crippen LogP contribution in [0.15, 0.2) is 18.2 Å². The van der Waals surface area contributed by atoms with Crippen LogP contribution in [0, 0.1) is 10.1 Å². The fraction of sp³-hybridized carbons (Fsp3) is 0.385. The first-order valence-corrected chi connectivity index (χ1v) is 6.67. The number of aromatic nitrogens is 2. The number of likely N-dealkylation sites (N-methyl/N-ethyl adjacent to an activating group) is 1. The second kappa shape index (κ2) is 6.31. The Morgan fingerprint density at radius 1 is 1.52 bits per heavy atom. The molecule has 1 aromatic carbocycles. The van der Waals surface area contributed by atoms with Crippen molar-refractivity contribution in [3.63, 3.8) is 0 Å². The maximum atomic E-state index is 12.1. The third-order valence-electron chi connectivity index (χ3n) is 3.09. The summed E-state index contributed by atoms with van der Waals surface area (Å²) in [6, 6.07) is 4.40. The molecule has 0 unspecified atom stereocenters. The number of hydrogen-bond acceptors (Lipinski definition) is 5. The summed E-state index contributed by atoms with van der Waals surface area (Å²) in [4.78, 5) is 22.4.